The Morgan fingerprint density at radius 2 is 0.711 bits per heavy atom. The first-order valence-corrected chi connectivity index (χ1v) is 28.1. The number of aromatic nitrogens is 6. The summed E-state index contributed by atoms with van der Waals surface area (Å²) in [7, 11) is 5.50. The Balaban J connectivity index is 0.000000159. The lowest BCUT2D eigenvalue weighted by Gasteiger charge is -2.10. The van der Waals surface area contributed by atoms with Gasteiger partial charge in [0.1, 0.15) is 21.1 Å². The molecule has 0 unspecified atom stereocenters. The predicted octanol–water partition coefficient (Wildman–Crippen LogP) is 17.5. The molecule has 426 valence electrons. The van der Waals surface area contributed by atoms with Gasteiger partial charge in [0.25, 0.3) is 0 Å². The summed E-state index contributed by atoms with van der Waals surface area (Å²) < 4.78 is 148. The zero-order chi connectivity index (χ0) is 72.6. The Bertz CT molecular complexity index is 4920. The molecule has 12 aromatic rings. The van der Waals surface area contributed by atoms with E-state index in [0.29, 0.717) is 73.1 Å². The molecule has 0 radical (unpaired) electrons. The van der Waals surface area contributed by atoms with E-state index in [-0.39, 0.29) is 17.2 Å². The van der Waals surface area contributed by atoms with Crippen LogP contribution in [0.1, 0.15) is 176 Å². The Hall–Kier alpha value is -8.04. The summed E-state index contributed by atoms with van der Waals surface area (Å²) in [6.45, 7) is 23.8. The van der Waals surface area contributed by atoms with Gasteiger partial charge in [0.2, 0.25) is 34.2 Å². The van der Waals surface area contributed by atoms with Crippen molar-refractivity contribution in [2.24, 2.45) is 21.1 Å². The molecule has 0 saturated heterocycles. The zero-order valence-electron chi connectivity index (χ0n) is 65.9. The van der Waals surface area contributed by atoms with Crippen LogP contribution in [-0.4, -0.2) is 15.0 Å². The minimum Gasteiger partial charge on any atom is -0.437 e. The number of benzene rings is 3. The van der Waals surface area contributed by atoms with Crippen LogP contribution in [0.15, 0.2) is 123 Å². The highest BCUT2D eigenvalue weighted by Gasteiger charge is 2.27. The Morgan fingerprint density at radius 3 is 1.04 bits per heavy atom. The number of hydrogen-bond acceptors (Lipinski definition) is 6. The monoisotopic (exact) mass is 1120 g/mol. The molecule has 0 amide bonds. The third-order valence-corrected chi connectivity index (χ3v) is 15.7. The minimum atomic E-state index is -1.75. The van der Waals surface area contributed by atoms with E-state index < -0.39 is 50.5 Å². The topological polar surface area (TPSA) is 89.7 Å². The minimum absolute atomic E-state index is 0.286. The molecule has 0 fully saturated rings. The fraction of sp³-hybridized carbons (Fsp3) is 0.351. The normalized spacial score (nSPS) is 15.8. The number of hydrogen-bond donors (Lipinski definition) is 0. The van der Waals surface area contributed by atoms with Crippen molar-refractivity contribution in [3.8, 4) is 33.8 Å². The highest BCUT2D eigenvalue weighted by Crippen LogP contribution is 2.40. The highest BCUT2D eigenvalue weighted by atomic mass is 16.3. The van der Waals surface area contributed by atoms with Crippen LogP contribution >= 0.6 is 0 Å². The van der Waals surface area contributed by atoms with E-state index >= 15 is 0 Å². The Morgan fingerprint density at radius 1 is 0.398 bits per heavy atom. The molecule has 9 heterocycles. The molecule has 0 atom stereocenters. The van der Waals surface area contributed by atoms with Crippen LogP contribution in [0, 0.1) is 20.8 Å². The molecule has 9 heteroatoms. The molecule has 0 aliphatic rings. The SMILES string of the molecule is [2H]C([2H])(C)c1cc(-c2c(C)ccc3c2oc2nc(C(C)C)ccc23)[n+](C)cc1C([2H])([2H])C.[2H]C([2H])(C)c1cc(-c2c(C)ccc3c2oc2nc(C([2H])(C)C)ccc23)[n+](C)cc1C([2H])([2H])C.[2H]C([2H])(C)c1ccc2c(n1)oc1c(-c3cc(C([2H])([2H])C)c(C([2H])([2H])C)c[n+]3C)c(C)ccc12. The summed E-state index contributed by atoms with van der Waals surface area (Å²) in [4.78, 5) is 13.7. The molecule has 12 rings (SSSR count). The molecule has 0 N–H and O–H groups in total. The van der Waals surface area contributed by atoms with Crippen LogP contribution in [0.4, 0.5) is 0 Å². The van der Waals surface area contributed by atoms with Gasteiger partial charge in [-0.3, -0.25) is 0 Å². The maximum atomic E-state index is 8.35. The third-order valence-electron chi connectivity index (χ3n) is 15.7. The van der Waals surface area contributed by atoms with Gasteiger partial charge in [0.05, 0.1) is 16.7 Å². The first-order chi connectivity index (χ1) is 45.0. The van der Waals surface area contributed by atoms with E-state index in [1.165, 1.54) is 48.5 Å². The van der Waals surface area contributed by atoms with Crippen molar-refractivity contribution in [3.63, 3.8) is 0 Å². The summed E-state index contributed by atoms with van der Waals surface area (Å²) >= 11 is 0. The number of pyridine rings is 6. The van der Waals surface area contributed by atoms with Crippen molar-refractivity contribution in [1.82, 2.24) is 15.0 Å². The molecule has 3 aromatic carbocycles. The van der Waals surface area contributed by atoms with Crippen LogP contribution in [0.25, 0.3) is 100.0 Å². The highest BCUT2D eigenvalue weighted by molar-refractivity contribution is 6.11. The predicted molar refractivity (Wildman–Crippen MR) is 342 cm³/mol. The quantitative estimate of drug-likeness (QED) is 0.113. The largest absolute Gasteiger partial charge is 0.437 e. The number of aryl methyl sites for hydroxylation is 13. The molecule has 83 heavy (non-hydrogen) atoms. The third kappa shape index (κ3) is 10.8. The van der Waals surface area contributed by atoms with Gasteiger partial charge in [0, 0.05) is 105 Å². The maximum absolute atomic E-state index is 8.35. The van der Waals surface area contributed by atoms with Gasteiger partial charge in [-0.15, -0.1) is 0 Å². The van der Waals surface area contributed by atoms with Crippen molar-refractivity contribution < 1.29 is 47.5 Å². The van der Waals surface area contributed by atoms with E-state index in [1.54, 1.807) is 61.3 Å². The molecule has 0 aliphatic heterocycles. The standard InChI is InChI=1S/2C25H29N2O.C24H27N2O/c2*1-7-17-13-22(27(6)14-18(17)8-2)23-16(5)9-10-19-20-11-12-21(15(3)4)26-25(20)28-24(19)23;1-6-16-13-21(26(5)14-17(16)7-2)22-15(4)9-11-19-20-12-10-18(8-3)25-24(20)27-23(19)22/h2*9-15H,7-8H2,1-6H3;9-14H,6-8H2,1-5H3/q3*+1/i7D2,8D2,15D;7D2,8D2;6D2,7D2,8D2. The molecule has 9 nitrogen and oxygen atoms in total. The number of rotatable bonds is 12. The van der Waals surface area contributed by atoms with Crippen molar-refractivity contribution in [2.45, 2.75) is 153 Å². The Labute approximate surface area is 512 Å². The fourth-order valence-electron chi connectivity index (χ4n) is 11.1. The van der Waals surface area contributed by atoms with Gasteiger partial charge in [-0.2, -0.15) is 0 Å². The summed E-state index contributed by atoms with van der Waals surface area (Å²) in [6.07, 6.45) is -6.85. The lowest BCUT2D eigenvalue weighted by Crippen LogP contribution is -2.32. The summed E-state index contributed by atoms with van der Waals surface area (Å²) in [5.74, 6) is -0.563. The van der Waals surface area contributed by atoms with E-state index in [9.17, 15) is 0 Å². The molecule has 0 spiro atoms. The first kappa shape index (κ1) is 41.9. The van der Waals surface area contributed by atoms with Gasteiger partial charge in [0.15, 0.2) is 35.3 Å². The summed E-state index contributed by atoms with van der Waals surface area (Å²) in [5, 5.41) is 5.25. The average molecular weight is 1120 g/mol. The van der Waals surface area contributed by atoms with Crippen molar-refractivity contribution >= 4 is 66.2 Å². The molecule has 0 aliphatic carbocycles. The van der Waals surface area contributed by atoms with E-state index in [4.69, 9.17) is 38.8 Å². The number of fused-ring (bicyclic) bond motifs is 9. The second-order valence-corrected chi connectivity index (χ2v) is 21.6. The lowest BCUT2D eigenvalue weighted by atomic mass is 9.97. The van der Waals surface area contributed by atoms with Crippen molar-refractivity contribution in [3.05, 3.63) is 177 Å². The van der Waals surface area contributed by atoms with Gasteiger partial charge in [-0.25, -0.2) is 28.7 Å². The van der Waals surface area contributed by atoms with Crippen LogP contribution in [-0.2, 0) is 65.8 Å². The number of nitrogens with zero attached hydrogens (tertiary/aromatic N) is 6. The van der Waals surface area contributed by atoms with Crippen LogP contribution < -0.4 is 13.7 Å². The first-order valence-electron chi connectivity index (χ1n) is 35.6. The van der Waals surface area contributed by atoms with E-state index in [0.717, 1.165) is 82.8 Å². The van der Waals surface area contributed by atoms with Crippen LogP contribution in [0.5, 0.6) is 0 Å². The molecule has 0 bridgehead atoms. The number of furan rings is 3. The maximum Gasteiger partial charge on any atom is 0.227 e. The molecular weight excluding hydrogens is 1020 g/mol. The van der Waals surface area contributed by atoms with Gasteiger partial charge in [-0.1, -0.05) is 113 Å². The molecule has 0 saturated carbocycles. The van der Waals surface area contributed by atoms with Gasteiger partial charge >= 0.3 is 0 Å². The second-order valence-electron chi connectivity index (χ2n) is 21.6. The fourth-order valence-corrected chi connectivity index (χ4v) is 11.1. The van der Waals surface area contributed by atoms with Crippen LogP contribution in [0.3, 0.4) is 0 Å². The summed E-state index contributed by atoms with van der Waals surface area (Å²) in [5.41, 5.74) is 14.6. The lowest BCUT2D eigenvalue weighted by molar-refractivity contribution is -0.661. The molecular formula is C74H85N6O3+3. The summed E-state index contributed by atoms with van der Waals surface area (Å²) in [6, 6.07) is 28.5. The van der Waals surface area contributed by atoms with Crippen molar-refractivity contribution in [2.75, 3.05) is 0 Å². The van der Waals surface area contributed by atoms with Crippen LogP contribution in [0.2, 0.25) is 0 Å². The van der Waals surface area contributed by atoms with E-state index in [1.807, 2.05) is 118 Å². The van der Waals surface area contributed by atoms with Gasteiger partial charge < -0.3 is 13.3 Å². The van der Waals surface area contributed by atoms with Crippen molar-refractivity contribution in [1.29, 1.82) is 0 Å². The molecule has 9 aromatic heterocycles. The van der Waals surface area contributed by atoms with Gasteiger partial charge in [-0.05, 0) is 147 Å². The zero-order valence-corrected chi connectivity index (χ0v) is 50.9. The average Bonchev–Trinajstić information content (AvgIpc) is 1.47. The smallest absolute Gasteiger partial charge is 0.227 e. The van der Waals surface area contributed by atoms with E-state index in [2.05, 4.69) is 23.8 Å². The second kappa shape index (κ2) is 24.0. The Kier molecular flexibility index (Phi) is 12.1.